The summed E-state index contributed by atoms with van der Waals surface area (Å²) in [6.45, 7) is 1.73. The van der Waals surface area contributed by atoms with Crippen molar-refractivity contribution in [2.75, 3.05) is 10.5 Å². The van der Waals surface area contributed by atoms with Crippen LogP contribution in [-0.2, 0) is 30.3 Å². The second kappa shape index (κ2) is 9.90. The molecule has 0 heterocycles. The van der Waals surface area contributed by atoms with Crippen molar-refractivity contribution in [1.29, 1.82) is 0 Å². The molecular formula is C23H20N4O9S3. The Hall–Kier alpha value is -4.09. The second-order valence-electron chi connectivity index (χ2n) is 8.30. The number of phenols is 1. The van der Waals surface area contributed by atoms with Gasteiger partial charge in [0.2, 0.25) is 0 Å². The number of nitrogen functional groups attached to an aromatic ring is 1. The van der Waals surface area contributed by atoms with Crippen LogP contribution in [0, 0.1) is 6.92 Å². The number of azo groups is 1. The number of sulfonamides is 1. The van der Waals surface area contributed by atoms with Crippen LogP contribution in [0.15, 0.2) is 91.6 Å². The molecule has 0 amide bonds. The van der Waals surface area contributed by atoms with E-state index in [1.165, 1.54) is 48.5 Å². The minimum atomic E-state index is -5.09. The van der Waals surface area contributed by atoms with Crippen molar-refractivity contribution in [3.63, 3.8) is 0 Å². The van der Waals surface area contributed by atoms with Crippen LogP contribution in [0.2, 0.25) is 0 Å². The van der Waals surface area contributed by atoms with Crippen LogP contribution in [-0.4, -0.2) is 39.5 Å². The second-order valence-corrected chi connectivity index (χ2v) is 12.8. The Kier molecular flexibility index (Phi) is 7.09. The molecule has 0 saturated heterocycles. The van der Waals surface area contributed by atoms with Crippen LogP contribution >= 0.6 is 0 Å². The van der Waals surface area contributed by atoms with Crippen molar-refractivity contribution in [3.05, 3.63) is 72.3 Å². The number of aryl methyl sites for hydroxylation is 1. The van der Waals surface area contributed by atoms with E-state index < -0.39 is 62.6 Å². The summed E-state index contributed by atoms with van der Waals surface area (Å²) in [5.74, 6) is -0.956. The lowest BCUT2D eigenvalue weighted by Gasteiger charge is -2.16. The molecule has 0 saturated carbocycles. The Morgan fingerprint density at radius 3 is 1.95 bits per heavy atom. The molecule has 6 N–H and O–H groups in total. The van der Waals surface area contributed by atoms with Crippen LogP contribution in [0.3, 0.4) is 0 Å². The van der Waals surface area contributed by atoms with Crippen molar-refractivity contribution < 1.29 is 39.5 Å². The third-order valence-electron chi connectivity index (χ3n) is 5.43. The highest BCUT2D eigenvalue weighted by atomic mass is 32.2. The van der Waals surface area contributed by atoms with Crippen LogP contribution in [0.4, 0.5) is 22.7 Å². The predicted octanol–water partition coefficient (Wildman–Crippen LogP) is 4.15. The van der Waals surface area contributed by atoms with Crippen molar-refractivity contribution in [3.8, 4) is 5.75 Å². The first-order valence-electron chi connectivity index (χ1n) is 10.7. The highest BCUT2D eigenvalue weighted by Crippen LogP contribution is 2.45. The fraction of sp³-hybridized carbons (Fsp3) is 0.0435. The first-order chi connectivity index (χ1) is 18.1. The van der Waals surface area contributed by atoms with Gasteiger partial charge in [0.25, 0.3) is 30.3 Å². The topological polar surface area (TPSA) is 226 Å². The first kappa shape index (κ1) is 27.9. The molecule has 4 aromatic carbocycles. The van der Waals surface area contributed by atoms with Crippen molar-refractivity contribution in [1.82, 2.24) is 0 Å². The lowest BCUT2D eigenvalue weighted by atomic mass is 10.1. The maximum Gasteiger partial charge on any atom is 0.296 e. The number of hydrogen-bond acceptors (Lipinski definition) is 10. The highest BCUT2D eigenvalue weighted by Gasteiger charge is 2.27. The van der Waals surface area contributed by atoms with Crippen LogP contribution in [0.25, 0.3) is 10.8 Å². The Labute approximate surface area is 223 Å². The van der Waals surface area contributed by atoms with Crippen LogP contribution in [0.5, 0.6) is 5.75 Å². The van der Waals surface area contributed by atoms with E-state index in [1.807, 2.05) is 0 Å². The molecule has 39 heavy (non-hydrogen) atoms. The van der Waals surface area contributed by atoms with E-state index in [0.29, 0.717) is 5.69 Å². The number of aromatic hydroxyl groups is 1. The largest absolute Gasteiger partial charge is 0.505 e. The standard InChI is InChI=1S/C23H20N4O9S3/c1-13-2-8-17(9-3-13)37(29,30)27-19-12-18(38(31,32)33)10-14-11-20(39(34,35)36)22(23(28)21(14)19)26-25-16-6-4-15(24)5-7-16/h2-12,27-28H,24H2,1H3,(H,31,32,33)(H,34,35,36). The maximum absolute atomic E-state index is 13.1. The van der Waals surface area contributed by atoms with Gasteiger partial charge >= 0.3 is 0 Å². The molecule has 0 aliphatic heterocycles. The number of nitrogens with zero attached hydrogens (tertiary/aromatic N) is 2. The van der Waals surface area contributed by atoms with Gasteiger partial charge in [0.1, 0.15) is 10.6 Å². The fourth-order valence-corrected chi connectivity index (χ4v) is 5.82. The van der Waals surface area contributed by atoms with E-state index in [0.717, 1.165) is 23.8 Å². The average molecular weight is 593 g/mol. The molecule has 4 aromatic rings. The highest BCUT2D eigenvalue weighted by molar-refractivity contribution is 7.92. The van der Waals surface area contributed by atoms with Gasteiger partial charge in [-0.05, 0) is 66.9 Å². The van der Waals surface area contributed by atoms with Crippen LogP contribution < -0.4 is 10.5 Å². The zero-order valence-corrected chi connectivity index (χ0v) is 22.3. The van der Waals surface area contributed by atoms with E-state index >= 15 is 0 Å². The monoisotopic (exact) mass is 592 g/mol. The van der Waals surface area contributed by atoms with Crippen LogP contribution in [0.1, 0.15) is 5.56 Å². The average Bonchev–Trinajstić information content (AvgIpc) is 2.83. The molecule has 0 radical (unpaired) electrons. The minimum absolute atomic E-state index is 0.187. The number of anilines is 2. The molecule has 0 atom stereocenters. The summed E-state index contributed by atoms with van der Waals surface area (Å²) in [4.78, 5) is -2.00. The third kappa shape index (κ3) is 5.99. The maximum atomic E-state index is 13.1. The molecule has 0 bridgehead atoms. The van der Waals surface area contributed by atoms with Gasteiger partial charge in [-0.3, -0.25) is 13.8 Å². The van der Waals surface area contributed by atoms with Gasteiger partial charge in [0, 0.05) is 5.69 Å². The Bertz CT molecular complexity index is 1960. The number of rotatable bonds is 7. The summed E-state index contributed by atoms with van der Waals surface area (Å²) in [5.41, 5.74) is 5.67. The lowest BCUT2D eigenvalue weighted by molar-refractivity contribution is 0.472. The predicted molar refractivity (Wildman–Crippen MR) is 142 cm³/mol. The van der Waals surface area contributed by atoms with Gasteiger partial charge in [-0.1, -0.05) is 17.7 Å². The SMILES string of the molecule is Cc1ccc(S(=O)(=O)Nc2cc(S(=O)(=O)O)cc3cc(S(=O)(=O)O)c(N=Nc4ccc(N)cc4)c(O)c23)cc1. The van der Waals surface area contributed by atoms with Gasteiger partial charge in [-0.15, -0.1) is 5.11 Å². The molecule has 0 aromatic heterocycles. The zero-order chi connectivity index (χ0) is 28.8. The van der Waals surface area contributed by atoms with E-state index in [-0.39, 0.29) is 16.0 Å². The molecular weight excluding hydrogens is 572 g/mol. The summed E-state index contributed by atoms with van der Waals surface area (Å²) in [5, 5.41) is 17.9. The molecule has 0 fully saturated rings. The van der Waals surface area contributed by atoms with Gasteiger partial charge < -0.3 is 10.8 Å². The Balaban J connectivity index is 2.02. The number of hydrogen-bond donors (Lipinski definition) is 5. The van der Waals surface area contributed by atoms with E-state index in [2.05, 4.69) is 15.0 Å². The summed E-state index contributed by atoms with van der Waals surface area (Å²) < 4.78 is 95.9. The summed E-state index contributed by atoms with van der Waals surface area (Å²) in [6, 6.07) is 13.7. The molecule has 0 aliphatic rings. The van der Waals surface area contributed by atoms with Crippen molar-refractivity contribution in [2.24, 2.45) is 10.2 Å². The summed E-state index contributed by atoms with van der Waals surface area (Å²) >= 11 is 0. The normalized spacial score (nSPS) is 12.7. The molecule has 13 nitrogen and oxygen atoms in total. The summed E-state index contributed by atoms with van der Waals surface area (Å²) in [6.07, 6.45) is 0. The Morgan fingerprint density at radius 1 is 0.769 bits per heavy atom. The van der Waals surface area contributed by atoms with Gasteiger partial charge in [-0.25, -0.2) is 8.42 Å². The quantitative estimate of drug-likeness (QED) is 0.117. The van der Waals surface area contributed by atoms with E-state index in [9.17, 15) is 39.5 Å². The fourth-order valence-electron chi connectivity index (χ4n) is 3.55. The smallest absolute Gasteiger partial charge is 0.296 e. The minimum Gasteiger partial charge on any atom is -0.505 e. The van der Waals surface area contributed by atoms with Gasteiger partial charge in [0.15, 0.2) is 5.75 Å². The summed E-state index contributed by atoms with van der Waals surface area (Å²) in [7, 11) is -14.4. The number of benzene rings is 4. The van der Waals surface area contributed by atoms with Gasteiger partial charge in [-0.2, -0.15) is 21.9 Å². The number of nitrogens with one attached hydrogen (secondary N) is 1. The lowest BCUT2D eigenvalue weighted by Crippen LogP contribution is -2.14. The number of fused-ring (bicyclic) bond motifs is 1. The van der Waals surface area contributed by atoms with Crippen molar-refractivity contribution >= 4 is 63.8 Å². The number of phenolic OH excluding ortho intramolecular Hbond substituents is 1. The van der Waals surface area contributed by atoms with E-state index in [1.54, 1.807) is 6.92 Å². The first-order valence-corrected chi connectivity index (χ1v) is 15.1. The third-order valence-corrected chi connectivity index (χ3v) is 8.51. The number of nitrogens with two attached hydrogens (primary N) is 1. The molecule has 16 heteroatoms. The molecule has 0 unspecified atom stereocenters. The zero-order valence-electron chi connectivity index (χ0n) is 19.8. The molecule has 204 valence electrons. The van der Waals surface area contributed by atoms with Crippen molar-refractivity contribution in [2.45, 2.75) is 21.6 Å². The van der Waals surface area contributed by atoms with E-state index in [4.69, 9.17) is 5.73 Å². The Morgan fingerprint density at radius 2 is 1.38 bits per heavy atom. The molecule has 0 spiro atoms. The van der Waals surface area contributed by atoms with Gasteiger partial charge in [0.05, 0.1) is 26.6 Å². The molecule has 4 rings (SSSR count). The molecule has 0 aliphatic carbocycles.